The van der Waals surface area contributed by atoms with Crippen LogP contribution in [0.5, 0.6) is 0 Å². The fourth-order valence-electron chi connectivity index (χ4n) is 1.73. The average Bonchev–Trinajstić information content (AvgIpc) is 2.40. The number of benzene rings is 1. The van der Waals surface area contributed by atoms with Gasteiger partial charge in [-0.3, -0.25) is 0 Å². The van der Waals surface area contributed by atoms with Gasteiger partial charge in [-0.2, -0.15) is 11.8 Å². The van der Waals surface area contributed by atoms with E-state index in [1.54, 1.807) is 0 Å². The summed E-state index contributed by atoms with van der Waals surface area (Å²) in [5.74, 6) is 1.16. The Morgan fingerprint density at radius 2 is 2.10 bits per heavy atom. The minimum atomic E-state index is -0.467. The van der Waals surface area contributed by atoms with Crippen molar-refractivity contribution in [2.75, 3.05) is 23.9 Å². The molecular formula is C16H26N2O2S. The highest BCUT2D eigenvalue weighted by Crippen LogP contribution is 2.11. The van der Waals surface area contributed by atoms with Crippen molar-refractivity contribution in [3.05, 3.63) is 29.8 Å². The lowest BCUT2D eigenvalue weighted by molar-refractivity contribution is 0.0523. The maximum Gasteiger partial charge on any atom is 0.407 e. The molecule has 118 valence electrons. The third kappa shape index (κ3) is 8.50. The van der Waals surface area contributed by atoms with Gasteiger partial charge in [0.15, 0.2) is 0 Å². The Morgan fingerprint density at radius 1 is 1.33 bits per heavy atom. The number of carbonyl (C=O) groups is 1. The first-order valence-corrected chi connectivity index (χ1v) is 8.59. The second kappa shape index (κ2) is 8.82. The first kappa shape index (κ1) is 17.7. The molecule has 0 aliphatic rings. The summed E-state index contributed by atoms with van der Waals surface area (Å²) in [4.78, 5) is 11.6. The SMILES string of the molecule is CSCCCNc1cccc(CNC(=O)OC(C)(C)C)c1. The summed E-state index contributed by atoms with van der Waals surface area (Å²) < 4.78 is 5.21. The maximum atomic E-state index is 11.6. The Hall–Kier alpha value is -1.36. The Bertz CT molecular complexity index is 444. The number of ether oxygens (including phenoxy) is 1. The number of carbonyl (C=O) groups excluding carboxylic acids is 1. The molecule has 0 unspecified atom stereocenters. The second-order valence-electron chi connectivity index (χ2n) is 5.83. The minimum absolute atomic E-state index is 0.388. The highest BCUT2D eigenvalue weighted by atomic mass is 32.2. The number of thioether (sulfide) groups is 1. The van der Waals surface area contributed by atoms with Crippen molar-refractivity contribution in [3.63, 3.8) is 0 Å². The van der Waals surface area contributed by atoms with E-state index < -0.39 is 5.60 Å². The molecule has 4 nitrogen and oxygen atoms in total. The Labute approximate surface area is 132 Å². The van der Waals surface area contributed by atoms with Crippen molar-refractivity contribution in [2.45, 2.75) is 39.3 Å². The van der Waals surface area contributed by atoms with Gasteiger partial charge in [0.25, 0.3) is 0 Å². The number of hydrogen-bond donors (Lipinski definition) is 2. The van der Waals surface area contributed by atoms with Crippen LogP contribution in [0.1, 0.15) is 32.8 Å². The van der Waals surface area contributed by atoms with Crippen LogP contribution in [-0.4, -0.2) is 30.2 Å². The number of anilines is 1. The van der Waals surface area contributed by atoms with Crippen LogP contribution in [0.3, 0.4) is 0 Å². The molecule has 0 saturated heterocycles. The van der Waals surface area contributed by atoms with Crippen molar-refractivity contribution in [1.29, 1.82) is 0 Å². The number of nitrogens with one attached hydrogen (secondary N) is 2. The first-order chi connectivity index (χ1) is 9.90. The van der Waals surface area contributed by atoms with Gasteiger partial charge in [-0.1, -0.05) is 12.1 Å². The Balaban J connectivity index is 2.40. The molecule has 0 aliphatic heterocycles. The van der Waals surface area contributed by atoms with Crippen LogP contribution >= 0.6 is 11.8 Å². The number of hydrogen-bond acceptors (Lipinski definition) is 4. The summed E-state index contributed by atoms with van der Waals surface area (Å²) in [5.41, 5.74) is 1.67. The van der Waals surface area contributed by atoms with Gasteiger partial charge < -0.3 is 15.4 Å². The number of amides is 1. The molecule has 0 radical (unpaired) electrons. The van der Waals surface area contributed by atoms with Crippen molar-refractivity contribution < 1.29 is 9.53 Å². The van der Waals surface area contributed by atoms with Crippen LogP contribution in [0.4, 0.5) is 10.5 Å². The van der Waals surface area contributed by atoms with Gasteiger partial charge in [0, 0.05) is 18.8 Å². The fourth-order valence-corrected chi connectivity index (χ4v) is 2.16. The zero-order valence-electron chi connectivity index (χ0n) is 13.4. The summed E-state index contributed by atoms with van der Waals surface area (Å²) in [6.45, 7) is 6.99. The Morgan fingerprint density at radius 3 is 2.76 bits per heavy atom. The normalized spacial score (nSPS) is 11.0. The molecular weight excluding hydrogens is 284 g/mol. The smallest absolute Gasteiger partial charge is 0.407 e. The highest BCUT2D eigenvalue weighted by Gasteiger charge is 2.15. The second-order valence-corrected chi connectivity index (χ2v) is 6.81. The number of alkyl carbamates (subject to hydrolysis) is 1. The summed E-state index contributed by atoms with van der Waals surface area (Å²) in [6, 6.07) is 8.07. The van der Waals surface area contributed by atoms with Crippen molar-refractivity contribution in [1.82, 2.24) is 5.32 Å². The molecule has 21 heavy (non-hydrogen) atoms. The monoisotopic (exact) mass is 310 g/mol. The molecule has 1 aromatic carbocycles. The summed E-state index contributed by atoms with van der Waals surface area (Å²) >= 11 is 1.85. The molecule has 0 heterocycles. The molecule has 2 N–H and O–H groups in total. The molecule has 1 aromatic rings. The summed E-state index contributed by atoms with van der Waals surface area (Å²) in [7, 11) is 0. The van der Waals surface area contributed by atoms with Crippen molar-refractivity contribution in [2.24, 2.45) is 0 Å². The zero-order chi connectivity index (χ0) is 15.7. The van der Waals surface area contributed by atoms with Crippen LogP contribution in [-0.2, 0) is 11.3 Å². The highest BCUT2D eigenvalue weighted by molar-refractivity contribution is 7.98. The van der Waals surface area contributed by atoms with Crippen LogP contribution in [0.25, 0.3) is 0 Å². The van der Waals surface area contributed by atoms with E-state index in [2.05, 4.69) is 23.0 Å². The topological polar surface area (TPSA) is 50.4 Å². The lowest BCUT2D eigenvalue weighted by Crippen LogP contribution is -2.32. The van der Waals surface area contributed by atoms with Gasteiger partial charge in [0.1, 0.15) is 5.60 Å². The molecule has 5 heteroatoms. The quantitative estimate of drug-likeness (QED) is 0.751. The molecule has 0 bridgehead atoms. The summed E-state index contributed by atoms with van der Waals surface area (Å²) in [5, 5.41) is 6.16. The predicted molar refractivity (Wildman–Crippen MR) is 91.0 cm³/mol. The van der Waals surface area contributed by atoms with E-state index in [0.29, 0.717) is 6.54 Å². The van der Waals surface area contributed by atoms with Gasteiger partial charge in [-0.05, 0) is 56.9 Å². The van der Waals surface area contributed by atoms with E-state index in [4.69, 9.17) is 4.74 Å². The molecule has 1 amide bonds. The largest absolute Gasteiger partial charge is 0.444 e. The molecule has 0 saturated carbocycles. The maximum absolute atomic E-state index is 11.6. The first-order valence-electron chi connectivity index (χ1n) is 7.19. The van der Waals surface area contributed by atoms with Gasteiger partial charge in [0.05, 0.1) is 0 Å². The zero-order valence-corrected chi connectivity index (χ0v) is 14.2. The van der Waals surface area contributed by atoms with E-state index in [1.165, 1.54) is 0 Å². The van der Waals surface area contributed by atoms with Gasteiger partial charge in [-0.15, -0.1) is 0 Å². The van der Waals surface area contributed by atoms with Gasteiger partial charge in [0.2, 0.25) is 0 Å². The van der Waals surface area contributed by atoms with Crippen molar-refractivity contribution in [3.8, 4) is 0 Å². The van der Waals surface area contributed by atoms with Crippen LogP contribution in [0, 0.1) is 0 Å². The predicted octanol–water partition coefficient (Wildman–Crippen LogP) is 3.88. The third-order valence-electron chi connectivity index (χ3n) is 2.62. The van der Waals surface area contributed by atoms with Crippen LogP contribution < -0.4 is 10.6 Å². The fraction of sp³-hybridized carbons (Fsp3) is 0.562. The van der Waals surface area contributed by atoms with E-state index in [0.717, 1.165) is 30.0 Å². The van der Waals surface area contributed by atoms with Crippen LogP contribution in [0.2, 0.25) is 0 Å². The van der Waals surface area contributed by atoms with E-state index in [9.17, 15) is 4.79 Å². The van der Waals surface area contributed by atoms with E-state index in [-0.39, 0.29) is 6.09 Å². The average molecular weight is 310 g/mol. The molecule has 0 aromatic heterocycles. The molecule has 0 spiro atoms. The van der Waals surface area contributed by atoms with E-state index >= 15 is 0 Å². The third-order valence-corrected chi connectivity index (χ3v) is 3.31. The van der Waals surface area contributed by atoms with Gasteiger partial charge >= 0.3 is 6.09 Å². The molecule has 0 atom stereocenters. The standard InChI is InChI=1S/C16H26N2O2S/c1-16(2,3)20-15(19)18-12-13-7-5-8-14(11-13)17-9-6-10-21-4/h5,7-8,11,17H,6,9-10,12H2,1-4H3,(H,18,19). The van der Waals surface area contributed by atoms with Crippen molar-refractivity contribution >= 4 is 23.5 Å². The van der Waals surface area contributed by atoms with Crippen LogP contribution in [0.15, 0.2) is 24.3 Å². The molecule has 1 rings (SSSR count). The Kier molecular flexibility index (Phi) is 7.43. The minimum Gasteiger partial charge on any atom is -0.444 e. The summed E-state index contributed by atoms with van der Waals surface area (Å²) in [6.07, 6.45) is 2.87. The lowest BCUT2D eigenvalue weighted by atomic mass is 10.2. The number of rotatable bonds is 7. The van der Waals surface area contributed by atoms with E-state index in [1.807, 2.05) is 50.7 Å². The molecule has 0 aliphatic carbocycles. The van der Waals surface area contributed by atoms with Gasteiger partial charge in [-0.25, -0.2) is 4.79 Å². The lowest BCUT2D eigenvalue weighted by Gasteiger charge is -2.19. The molecule has 0 fully saturated rings.